The highest BCUT2D eigenvalue weighted by molar-refractivity contribution is 6.42. The smallest absolute Gasteiger partial charge is 0.274 e. The van der Waals surface area contributed by atoms with Crippen LogP contribution in [0.25, 0.3) is 0 Å². The molecule has 22 heavy (non-hydrogen) atoms. The number of rotatable bonds is 5. The second-order valence-electron chi connectivity index (χ2n) is 4.47. The van der Waals surface area contributed by atoms with E-state index in [4.69, 9.17) is 23.2 Å². The zero-order valence-electron chi connectivity index (χ0n) is 11.9. The first-order valence-corrected chi connectivity index (χ1v) is 7.22. The molecule has 0 atom stereocenters. The molecule has 0 aliphatic carbocycles. The van der Waals surface area contributed by atoms with Crippen molar-refractivity contribution in [1.29, 1.82) is 0 Å². The third-order valence-corrected chi connectivity index (χ3v) is 3.41. The lowest BCUT2D eigenvalue weighted by Crippen LogP contribution is -2.16. The summed E-state index contributed by atoms with van der Waals surface area (Å²) in [7, 11) is 0. The highest BCUT2D eigenvalue weighted by Crippen LogP contribution is 2.25. The van der Waals surface area contributed by atoms with Gasteiger partial charge in [0.25, 0.3) is 5.91 Å². The Balaban J connectivity index is 2.19. The number of nitrogens with one attached hydrogen (secondary N) is 2. The largest absolute Gasteiger partial charge is 0.351 e. The monoisotopic (exact) mass is 336 g/mol. The fourth-order valence-corrected chi connectivity index (χ4v) is 1.99. The van der Waals surface area contributed by atoms with Crippen LogP contribution in [0.3, 0.4) is 0 Å². The van der Waals surface area contributed by atoms with Gasteiger partial charge in [-0.2, -0.15) is 0 Å². The van der Waals surface area contributed by atoms with Gasteiger partial charge in [-0.25, -0.2) is 9.97 Å². The van der Waals surface area contributed by atoms with Crippen LogP contribution in [0.1, 0.15) is 16.2 Å². The van der Waals surface area contributed by atoms with Gasteiger partial charge in [0.05, 0.1) is 10.0 Å². The number of amides is 1. The SMILES string of the molecule is C=CCNc1nc(C)cc(C(=O)Nc2ccc(Cl)c(Cl)c2)n1. The normalized spacial score (nSPS) is 10.1. The lowest BCUT2D eigenvalue weighted by atomic mass is 10.3. The zero-order chi connectivity index (χ0) is 16.1. The molecule has 0 saturated carbocycles. The summed E-state index contributed by atoms with van der Waals surface area (Å²) in [5.41, 5.74) is 1.47. The molecule has 1 aromatic carbocycles. The molecule has 0 aliphatic heterocycles. The van der Waals surface area contributed by atoms with E-state index in [2.05, 4.69) is 27.2 Å². The number of nitrogens with zero attached hydrogens (tertiary/aromatic N) is 2. The molecule has 5 nitrogen and oxygen atoms in total. The molecule has 1 aromatic heterocycles. The molecular formula is C15H14Cl2N4O. The summed E-state index contributed by atoms with van der Waals surface area (Å²) < 4.78 is 0. The van der Waals surface area contributed by atoms with Gasteiger partial charge in [-0.1, -0.05) is 29.3 Å². The molecule has 0 spiro atoms. The van der Waals surface area contributed by atoms with Crippen LogP contribution in [-0.4, -0.2) is 22.4 Å². The Morgan fingerprint density at radius 1 is 1.27 bits per heavy atom. The standard InChI is InChI=1S/C15H14Cl2N4O/c1-3-6-18-15-19-9(2)7-13(21-15)14(22)20-10-4-5-11(16)12(17)8-10/h3-5,7-8H,1,6H2,2H3,(H,20,22)(H,18,19,21). The Bertz CT molecular complexity index is 719. The lowest BCUT2D eigenvalue weighted by Gasteiger charge is -2.08. The van der Waals surface area contributed by atoms with E-state index >= 15 is 0 Å². The molecule has 1 amide bonds. The average Bonchev–Trinajstić information content (AvgIpc) is 2.48. The van der Waals surface area contributed by atoms with Crippen LogP contribution >= 0.6 is 23.2 Å². The first kappa shape index (κ1) is 16.3. The predicted molar refractivity (Wildman–Crippen MR) is 89.9 cm³/mol. The van der Waals surface area contributed by atoms with Gasteiger partial charge in [0, 0.05) is 17.9 Å². The quantitative estimate of drug-likeness (QED) is 0.811. The number of benzene rings is 1. The molecule has 2 rings (SSSR count). The molecule has 0 unspecified atom stereocenters. The Kier molecular flexibility index (Phi) is 5.35. The zero-order valence-corrected chi connectivity index (χ0v) is 13.4. The maximum absolute atomic E-state index is 12.3. The van der Waals surface area contributed by atoms with E-state index in [-0.39, 0.29) is 11.6 Å². The van der Waals surface area contributed by atoms with Gasteiger partial charge in [-0.05, 0) is 31.2 Å². The van der Waals surface area contributed by atoms with E-state index < -0.39 is 0 Å². The van der Waals surface area contributed by atoms with Crippen molar-refractivity contribution in [2.24, 2.45) is 0 Å². The summed E-state index contributed by atoms with van der Waals surface area (Å²) in [5.74, 6) is 0.0183. The summed E-state index contributed by atoms with van der Waals surface area (Å²) in [6.07, 6.45) is 1.68. The number of hydrogen-bond donors (Lipinski definition) is 2. The van der Waals surface area contributed by atoms with Gasteiger partial charge in [-0.3, -0.25) is 4.79 Å². The lowest BCUT2D eigenvalue weighted by molar-refractivity contribution is 0.102. The summed E-state index contributed by atoms with van der Waals surface area (Å²) in [5, 5.41) is 6.46. The molecular weight excluding hydrogens is 323 g/mol. The number of halogens is 2. The number of carbonyl (C=O) groups excluding carboxylic acids is 1. The first-order chi connectivity index (χ1) is 10.5. The fraction of sp³-hybridized carbons (Fsp3) is 0.133. The molecule has 0 fully saturated rings. The second kappa shape index (κ2) is 7.24. The highest BCUT2D eigenvalue weighted by Gasteiger charge is 2.11. The van der Waals surface area contributed by atoms with Crippen molar-refractivity contribution < 1.29 is 4.79 Å². The van der Waals surface area contributed by atoms with Crippen molar-refractivity contribution in [3.05, 3.63) is 58.4 Å². The summed E-state index contributed by atoms with van der Waals surface area (Å²) in [4.78, 5) is 20.6. The van der Waals surface area contributed by atoms with Gasteiger partial charge < -0.3 is 10.6 Å². The third kappa shape index (κ3) is 4.19. The summed E-state index contributed by atoms with van der Waals surface area (Å²) in [6, 6.07) is 6.46. The van der Waals surface area contributed by atoms with E-state index in [0.717, 1.165) is 0 Å². The molecule has 0 saturated heterocycles. The van der Waals surface area contributed by atoms with E-state index in [1.807, 2.05) is 0 Å². The van der Waals surface area contributed by atoms with Crippen molar-refractivity contribution in [2.75, 3.05) is 17.2 Å². The molecule has 114 valence electrons. The van der Waals surface area contributed by atoms with Crippen molar-refractivity contribution in [1.82, 2.24) is 9.97 Å². The maximum Gasteiger partial charge on any atom is 0.274 e. The van der Waals surface area contributed by atoms with Crippen molar-refractivity contribution >= 4 is 40.7 Å². The molecule has 0 aliphatic rings. The minimum absolute atomic E-state index is 0.255. The third-order valence-electron chi connectivity index (χ3n) is 2.67. The number of aromatic nitrogens is 2. The van der Waals surface area contributed by atoms with Crippen LogP contribution < -0.4 is 10.6 Å². The van der Waals surface area contributed by atoms with Crippen molar-refractivity contribution in [3.63, 3.8) is 0 Å². The molecule has 2 N–H and O–H groups in total. The van der Waals surface area contributed by atoms with Crippen LogP contribution in [0, 0.1) is 6.92 Å². The number of carbonyl (C=O) groups is 1. The number of anilines is 2. The van der Waals surface area contributed by atoms with Gasteiger partial charge in [0.15, 0.2) is 0 Å². The Hall–Kier alpha value is -2.11. The van der Waals surface area contributed by atoms with Crippen LogP contribution in [0.2, 0.25) is 10.0 Å². The van der Waals surface area contributed by atoms with Gasteiger partial charge >= 0.3 is 0 Å². The van der Waals surface area contributed by atoms with E-state index in [1.54, 1.807) is 37.3 Å². The minimum atomic E-state index is -0.356. The van der Waals surface area contributed by atoms with Crippen LogP contribution in [0.5, 0.6) is 0 Å². The van der Waals surface area contributed by atoms with Crippen molar-refractivity contribution in [3.8, 4) is 0 Å². The Morgan fingerprint density at radius 2 is 2.05 bits per heavy atom. The minimum Gasteiger partial charge on any atom is -0.351 e. The topological polar surface area (TPSA) is 66.9 Å². The van der Waals surface area contributed by atoms with Crippen LogP contribution in [0.4, 0.5) is 11.6 Å². The van der Waals surface area contributed by atoms with Crippen LogP contribution in [0.15, 0.2) is 36.9 Å². The Morgan fingerprint density at radius 3 is 2.73 bits per heavy atom. The number of hydrogen-bond acceptors (Lipinski definition) is 4. The van der Waals surface area contributed by atoms with E-state index in [0.29, 0.717) is 33.9 Å². The summed E-state index contributed by atoms with van der Waals surface area (Å²) in [6.45, 7) is 5.91. The average molecular weight is 337 g/mol. The maximum atomic E-state index is 12.3. The van der Waals surface area contributed by atoms with Gasteiger partial charge in [0.2, 0.25) is 5.95 Å². The second-order valence-corrected chi connectivity index (χ2v) is 5.29. The molecule has 2 aromatic rings. The van der Waals surface area contributed by atoms with Gasteiger partial charge in [-0.15, -0.1) is 6.58 Å². The Labute approximate surface area is 138 Å². The molecule has 0 radical (unpaired) electrons. The summed E-state index contributed by atoms with van der Waals surface area (Å²) >= 11 is 11.8. The predicted octanol–water partition coefficient (Wildman–Crippen LogP) is 3.94. The fourth-order valence-electron chi connectivity index (χ4n) is 1.70. The van der Waals surface area contributed by atoms with Gasteiger partial charge in [0.1, 0.15) is 5.69 Å². The van der Waals surface area contributed by atoms with E-state index in [9.17, 15) is 4.79 Å². The molecule has 7 heteroatoms. The first-order valence-electron chi connectivity index (χ1n) is 6.46. The molecule has 0 bridgehead atoms. The van der Waals surface area contributed by atoms with E-state index in [1.165, 1.54) is 0 Å². The molecule has 1 heterocycles. The number of aryl methyl sites for hydroxylation is 1. The van der Waals surface area contributed by atoms with Crippen LogP contribution in [-0.2, 0) is 0 Å². The highest BCUT2D eigenvalue weighted by atomic mass is 35.5. The van der Waals surface area contributed by atoms with Crippen molar-refractivity contribution in [2.45, 2.75) is 6.92 Å².